The van der Waals surface area contributed by atoms with E-state index in [1.165, 1.54) is 6.07 Å². The Morgan fingerprint density at radius 3 is 2.58 bits per heavy atom. The zero-order valence-corrected chi connectivity index (χ0v) is 19.4. The molecule has 4 heterocycles. The molecule has 0 saturated carbocycles. The van der Waals surface area contributed by atoms with Gasteiger partial charge in [-0.1, -0.05) is 18.2 Å². The number of carbonyl (C=O) groups excluding carboxylic acids is 1. The van der Waals surface area contributed by atoms with Crippen molar-refractivity contribution in [2.75, 3.05) is 31.1 Å². The number of amides is 1. The van der Waals surface area contributed by atoms with Crippen molar-refractivity contribution in [1.82, 2.24) is 24.5 Å². The zero-order chi connectivity index (χ0) is 24.8. The van der Waals surface area contributed by atoms with Gasteiger partial charge in [0.15, 0.2) is 11.4 Å². The van der Waals surface area contributed by atoms with Crippen LogP contribution in [0, 0.1) is 17.0 Å². The third kappa shape index (κ3) is 3.52. The molecule has 2 aromatic carbocycles. The molecule has 1 amide bonds. The van der Waals surface area contributed by atoms with Gasteiger partial charge in [-0.05, 0) is 37.3 Å². The highest BCUT2D eigenvalue weighted by Crippen LogP contribution is 2.29. The van der Waals surface area contributed by atoms with E-state index in [0.717, 1.165) is 10.9 Å². The molecule has 11 nitrogen and oxygen atoms in total. The molecule has 1 aliphatic heterocycles. The molecule has 0 atom stereocenters. The Hall–Kier alpha value is -4.80. The molecule has 5 aromatic rings. The number of hydrogen-bond acceptors (Lipinski definition) is 8. The second-order valence-electron chi connectivity index (χ2n) is 8.63. The smallest absolute Gasteiger partial charge is 0.273 e. The van der Waals surface area contributed by atoms with Crippen molar-refractivity contribution in [3.8, 4) is 11.6 Å². The van der Waals surface area contributed by atoms with Gasteiger partial charge in [-0.25, -0.2) is 9.38 Å². The van der Waals surface area contributed by atoms with Crippen LogP contribution in [0.25, 0.3) is 28.1 Å². The molecule has 0 spiro atoms. The highest BCUT2D eigenvalue weighted by atomic mass is 16.6. The number of nitrogens with zero attached hydrogens (tertiary/aromatic N) is 7. The van der Waals surface area contributed by atoms with Crippen molar-refractivity contribution < 1.29 is 14.1 Å². The van der Waals surface area contributed by atoms with E-state index in [1.807, 2.05) is 34.7 Å². The number of rotatable bonds is 4. The summed E-state index contributed by atoms with van der Waals surface area (Å²) in [4.78, 5) is 32.7. The average Bonchev–Trinajstić information content (AvgIpc) is 3.58. The van der Waals surface area contributed by atoms with Crippen LogP contribution >= 0.6 is 0 Å². The number of aromatic nitrogens is 4. The summed E-state index contributed by atoms with van der Waals surface area (Å²) in [6.45, 7) is 3.58. The highest BCUT2D eigenvalue weighted by Gasteiger charge is 2.27. The molecule has 11 heteroatoms. The van der Waals surface area contributed by atoms with Gasteiger partial charge in [-0.15, -0.1) is 10.2 Å². The normalized spacial score (nSPS) is 14.0. The van der Waals surface area contributed by atoms with Crippen LogP contribution in [0.15, 0.2) is 65.3 Å². The molecular formula is C25H21N7O4. The Morgan fingerprint density at radius 1 is 1.03 bits per heavy atom. The van der Waals surface area contributed by atoms with Gasteiger partial charge in [-0.3, -0.25) is 14.9 Å². The van der Waals surface area contributed by atoms with Gasteiger partial charge >= 0.3 is 0 Å². The summed E-state index contributed by atoms with van der Waals surface area (Å²) in [7, 11) is 0. The van der Waals surface area contributed by atoms with E-state index in [4.69, 9.17) is 9.40 Å². The predicted octanol–water partition coefficient (Wildman–Crippen LogP) is 3.72. The van der Waals surface area contributed by atoms with E-state index in [2.05, 4.69) is 15.1 Å². The second kappa shape index (κ2) is 8.45. The van der Waals surface area contributed by atoms with Gasteiger partial charge in [-0.2, -0.15) is 0 Å². The van der Waals surface area contributed by atoms with E-state index in [0.29, 0.717) is 60.5 Å². The Labute approximate surface area is 204 Å². The number of benzene rings is 2. The van der Waals surface area contributed by atoms with E-state index in [1.54, 1.807) is 36.3 Å². The lowest BCUT2D eigenvalue weighted by Crippen LogP contribution is -2.49. The third-order valence-corrected chi connectivity index (χ3v) is 6.47. The average molecular weight is 483 g/mol. The number of fused-ring (bicyclic) bond motifs is 3. The molecule has 6 rings (SSSR count). The highest BCUT2D eigenvalue weighted by molar-refractivity contribution is 5.95. The minimum atomic E-state index is -0.462. The fourth-order valence-electron chi connectivity index (χ4n) is 4.57. The Bertz CT molecular complexity index is 1620. The summed E-state index contributed by atoms with van der Waals surface area (Å²) >= 11 is 0. The fourth-order valence-corrected chi connectivity index (χ4v) is 4.57. The number of nitro benzene ring substituents is 1. The molecule has 1 aliphatic rings. The van der Waals surface area contributed by atoms with Crippen LogP contribution in [-0.4, -0.2) is 61.5 Å². The maximum atomic E-state index is 13.1. The summed E-state index contributed by atoms with van der Waals surface area (Å²) in [5, 5.41) is 21.0. The van der Waals surface area contributed by atoms with Gasteiger partial charge in [0, 0.05) is 48.8 Å². The molecular weight excluding hydrogens is 462 g/mol. The molecule has 180 valence electrons. The van der Waals surface area contributed by atoms with Crippen molar-refractivity contribution in [3.05, 3.63) is 82.1 Å². The SMILES string of the molecule is Cc1ccc(C(=O)N2CCN(c3nc4ccccc4c4nnc(-c5ccco5)n34)CC2)cc1[N+](=O)[O-]. The number of carbonyl (C=O) groups is 1. The molecule has 1 saturated heterocycles. The summed E-state index contributed by atoms with van der Waals surface area (Å²) in [5.74, 6) is 1.57. The van der Waals surface area contributed by atoms with Crippen LogP contribution in [0.3, 0.4) is 0 Å². The van der Waals surface area contributed by atoms with Crippen LogP contribution in [0.5, 0.6) is 0 Å². The maximum absolute atomic E-state index is 13.1. The quantitative estimate of drug-likeness (QED) is 0.280. The number of aryl methyl sites for hydroxylation is 1. The fraction of sp³-hybridized carbons (Fsp3) is 0.200. The van der Waals surface area contributed by atoms with Gasteiger partial charge in [0.1, 0.15) is 0 Å². The topological polar surface area (TPSA) is 123 Å². The van der Waals surface area contributed by atoms with Crippen molar-refractivity contribution in [3.63, 3.8) is 0 Å². The number of nitro groups is 1. The van der Waals surface area contributed by atoms with Crippen LogP contribution < -0.4 is 4.90 Å². The molecule has 36 heavy (non-hydrogen) atoms. The Morgan fingerprint density at radius 2 is 1.83 bits per heavy atom. The van der Waals surface area contributed by atoms with Crippen molar-refractivity contribution in [1.29, 1.82) is 0 Å². The van der Waals surface area contributed by atoms with E-state index in [9.17, 15) is 14.9 Å². The molecule has 0 unspecified atom stereocenters. The van der Waals surface area contributed by atoms with Gasteiger partial charge in [0.2, 0.25) is 11.8 Å². The molecule has 0 bridgehead atoms. The summed E-state index contributed by atoms with van der Waals surface area (Å²) in [5.41, 5.74) is 2.25. The number of hydrogen-bond donors (Lipinski definition) is 0. The van der Waals surface area contributed by atoms with Crippen molar-refractivity contribution in [2.24, 2.45) is 0 Å². The third-order valence-electron chi connectivity index (χ3n) is 6.47. The number of furan rings is 1. The maximum Gasteiger partial charge on any atom is 0.273 e. The molecule has 0 radical (unpaired) electrons. The predicted molar refractivity (Wildman–Crippen MR) is 132 cm³/mol. The molecule has 0 N–H and O–H groups in total. The summed E-state index contributed by atoms with van der Waals surface area (Å²) in [6, 6.07) is 16.0. The summed E-state index contributed by atoms with van der Waals surface area (Å²) in [6.07, 6.45) is 1.59. The number of anilines is 1. The minimum absolute atomic E-state index is 0.0553. The van der Waals surface area contributed by atoms with E-state index < -0.39 is 4.92 Å². The lowest BCUT2D eigenvalue weighted by Gasteiger charge is -2.35. The molecule has 0 aliphatic carbocycles. The Kier molecular flexibility index (Phi) is 5.10. The Balaban J connectivity index is 1.33. The first kappa shape index (κ1) is 21.7. The zero-order valence-electron chi connectivity index (χ0n) is 19.4. The van der Waals surface area contributed by atoms with Gasteiger partial charge in [0.25, 0.3) is 11.6 Å². The largest absolute Gasteiger partial charge is 0.461 e. The molecule has 3 aromatic heterocycles. The lowest BCUT2D eigenvalue weighted by atomic mass is 10.1. The van der Waals surface area contributed by atoms with Crippen LogP contribution in [0.1, 0.15) is 15.9 Å². The summed E-state index contributed by atoms with van der Waals surface area (Å²) < 4.78 is 7.49. The first-order valence-electron chi connectivity index (χ1n) is 11.5. The first-order chi connectivity index (χ1) is 17.5. The standard InChI is InChI=1S/C25H21N7O4/c1-16-8-9-17(15-20(16)32(34)35)24(33)29-10-12-30(13-11-29)25-26-19-6-3-2-5-18(19)22-27-28-23(31(22)25)21-7-4-14-36-21/h2-9,14-15H,10-13H2,1H3. The van der Waals surface area contributed by atoms with Crippen LogP contribution in [0.4, 0.5) is 11.6 Å². The second-order valence-corrected chi connectivity index (χ2v) is 8.63. The number of piperazine rings is 1. The van der Waals surface area contributed by atoms with E-state index in [-0.39, 0.29) is 11.6 Å². The number of para-hydroxylation sites is 1. The minimum Gasteiger partial charge on any atom is -0.461 e. The van der Waals surface area contributed by atoms with Crippen LogP contribution in [-0.2, 0) is 0 Å². The van der Waals surface area contributed by atoms with Gasteiger partial charge < -0.3 is 14.2 Å². The van der Waals surface area contributed by atoms with E-state index >= 15 is 0 Å². The van der Waals surface area contributed by atoms with Crippen molar-refractivity contribution in [2.45, 2.75) is 6.92 Å². The lowest BCUT2D eigenvalue weighted by molar-refractivity contribution is -0.385. The van der Waals surface area contributed by atoms with Crippen LogP contribution in [0.2, 0.25) is 0 Å². The first-order valence-corrected chi connectivity index (χ1v) is 11.5. The van der Waals surface area contributed by atoms with Crippen molar-refractivity contribution >= 4 is 34.1 Å². The molecule has 1 fully saturated rings. The van der Waals surface area contributed by atoms with Gasteiger partial charge in [0.05, 0.1) is 16.7 Å². The monoisotopic (exact) mass is 483 g/mol.